The summed E-state index contributed by atoms with van der Waals surface area (Å²) in [4.78, 5) is 0.386. The molecule has 0 amide bonds. The Morgan fingerprint density at radius 1 is 0.481 bits per heavy atom. The molecule has 0 unspecified atom stereocenters. The zero-order chi connectivity index (χ0) is 20.0. The summed E-state index contributed by atoms with van der Waals surface area (Å²) in [5.74, 6) is -16.8. The molecule has 0 radical (unpaired) electrons. The predicted octanol–water partition coefficient (Wildman–Crippen LogP) is 6.42. The van der Waals surface area contributed by atoms with Crippen molar-refractivity contribution in [1.82, 2.24) is 0 Å². The van der Waals surface area contributed by atoms with Crippen molar-refractivity contribution >= 4 is 12.6 Å². The number of benzene rings is 3. The maximum atomic E-state index is 14.4. The molecular weight excluding hydrogens is 400 g/mol. The molecule has 0 saturated carbocycles. The highest BCUT2D eigenvalue weighted by molar-refractivity contribution is 7.80. The molecule has 0 N–H and O–H groups in total. The quantitative estimate of drug-likeness (QED) is 0.283. The van der Waals surface area contributed by atoms with Gasteiger partial charge in [0.05, 0.1) is 16.7 Å². The molecule has 0 saturated heterocycles. The van der Waals surface area contributed by atoms with E-state index < -0.39 is 63.2 Å². The van der Waals surface area contributed by atoms with Crippen LogP contribution in [0.2, 0.25) is 0 Å². The van der Waals surface area contributed by atoms with Crippen LogP contribution in [0, 0.1) is 46.5 Å². The van der Waals surface area contributed by atoms with E-state index in [1.165, 1.54) is 12.1 Å². The standard InChI is InChI=1S/C18H6F8S/c19-8-5-9(20)14(22)11(13(8)21)12-17(25)15(23)10(16(24)18(12)26)6-1-3-7(27)4-2-6/h1-5,27H. The predicted molar refractivity (Wildman–Crippen MR) is 84.2 cm³/mol. The summed E-state index contributed by atoms with van der Waals surface area (Å²) >= 11 is 3.95. The molecule has 0 bridgehead atoms. The maximum absolute atomic E-state index is 14.4. The molecule has 0 aromatic heterocycles. The van der Waals surface area contributed by atoms with E-state index in [4.69, 9.17) is 0 Å². The van der Waals surface area contributed by atoms with Gasteiger partial charge in [0.15, 0.2) is 46.5 Å². The summed E-state index contributed by atoms with van der Waals surface area (Å²) in [6, 6.07) is 4.56. The number of hydrogen-bond donors (Lipinski definition) is 1. The molecule has 0 aliphatic heterocycles. The van der Waals surface area contributed by atoms with Crippen molar-refractivity contribution in [3.63, 3.8) is 0 Å². The average Bonchev–Trinajstić information content (AvgIpc) is 2.63. The molecule has 3 aromatic carbocycles. The van der Waals surface area contributed by atoms with Crippen LogP contribution in [0.15, 0.2) is 35.2 Å². The Morgan fingerprint density at radius 3 is 1.30 bits per heavy atom. The van der Waals surface area contributed by atoms with Crippen LogP contribution < -0.4 is 0 Å². The van der Waals surface area contributed by atoms with Gasteiger partial charge in [-0.25, -0.2) is 35.1 Å². The van der Waals surface area contributed by atoms with E-state index in [1.807, 2.05) is 0 Å². The third kappa shape index (κ3) is 3.05. The van der Waals surface area contributed by atoms with Gasteiger partial charge >= 0.3 is 0 Å². The third-order valence-electron chi connectivity index (χ3n) is 3.78. The van der Waals surface area contributed by atoms with E-state index in [9.17, 15) is 35.1 Å². The maximum Gasteiger partial charge on any atom is 0.170 e. The fourth-order valence-electron chi connectivity index (χ4n) is 2.53. The second kappa shape index (κ2) is 6.88. The number of thiol groups is 1. The van der Waals surface area contributed by atoms with Crippen molar-refractivity contribution in [2.24, 2.45) is 0 Å². The van der Waals surface area contributed by atoms with Crippen LogP contribution in [0.3, 0.4) is 0 Å². The highest BCUT2D eigenvalue weighted by Gasteiger charge is 2.32. The Balaban J connectivity index is 2.38. The third-order valence-corrected chi connectivity index (χ3v) is 4.08. The minimum atomic E-state index is -2.21. The van der Waals surface area contributed by atoms with Crippen molar-refractivity contribution in [3.05, 3.63) is 76.9 Å². The van der Waals surface area contributed by atoms with Crippen molar-refractivity contribution < 1.29 is 35.1 Å². The van der Waals surface area contributed by atoms with Crippen molar-refractivity contribution in [3.8, 4) is 22.3 Å². The van der Waals surface area contributed by atoms with E-state index in [0.717, 1.165) is 12.1 Å². The second-order valence-corrected chi connectivity index (χ2v) is 5.91. The second-order valence-electron chi connectivity index (χ2n) is 5.40. The molecule has 0 heterocycles. The van der Waals surface area contributed by atoms with Gasteiger partial charge in [-0.15, -0.1) is 12.6 Å². The van der Waals surface area contributed by atoms with Gasteiger partial charge in [0.1, 0.15) is 0 Å². The fraction of sp³-hybridized carbons (Fsp3) is 0. The largest absolute Gasteiger partial charge is 0.204 e. The van der Waals surface area contributed by atoms with Crippen LogP contribution in [0.4, 0.5) is 35.1 Å². The van der Waals surface area contributed by atoms with Gasteiger partial charge in [0.25, 0.3) is 0 Å². The lowest BCUT2D eigenvalue weighted by atomic mass is 9.96. The van der Waals surface area contributed by atoms with Crippen LogP contribution in [-0.4, -0.2) is 0 Å². The number of hydrogen-bond acceptors (Lipinski definition) is 1. The summed E-state index contributed by atoms with van der Waals surface area (Å²) in [6.07, 6.45) is 0. The Bertz CT molecular complexity index is 1010. The number of halogens is 8. The van der Waals surface area contributed by atoms with E-state index in [-0.39, 0.29) is 11.6 Å². The first-order valence-electron chi connectivity index (χ1n) is 7.13. The topological polar surface area (TPSA) is 0 Å². The minimum Gasteiger partial charge on any atom is -0.204 e. The van der Waals surface area contributed by atoms with Crippen LogP contribution in [-0.2, 0) is 0 Å². The molecule has 0 fully saturated rings. The van der Waals surface area contributed by atoms with Gasteiger partial charge in [-0.3, -0.25) is 0 Å². The van der Waals surface area contributed by atoms with Crippen molar-refractivity contribution in [2.45, 2.75) is 4.90 Å². The van der Waals surface area contributed by atoms with Gasteiger partial charge < -0.3 is 0 Å². The normalized spacial score (nSPS) is 11.1. The van der Waals surface area contributed by atoms with Crippen molar-refractivity contribution in [1.29, 1.82) is 0 Å². The SMILES string of the molecule is Fc1cc(F)c(F)c(-c2c(F)c(F)c(-c3ccc(S)cc3)c(F)c2F)c1F. The van der Waals surface area contributed by atoms with Gasteiger partial charge in [-0.1, -0.05) is 12.1 Å². The summed E-state index contributed by atoms with van der Waals surface area (Å²) in [5.41, 5.74) is -5.23. The van der Waals surface area contributed by atoms with Gasteiger partial charge in [0.2, 0.25) is 0 Å². The zero-order valence-corrected chi connectivity index (χ0v) is 13.8. The molecule has 9 heteroatoms. The highest BCUT2D eigenvalue weighted by Crippen LogP contribution is 2.39. The molecule has 0 spiro atoms. The fourth-order valence-corrected chi connectivity index (χ4v) is 2.67. The Kier molecular flexibility index (Phi) is 4.90. The average molecular weight is 406 g/mol. The molecule has 3 rings (SSSR count). The van der Waals surface area contributed by atoms with Crippen molar-refractivity contribution in [2.75, 3.05) is 0 Å². The first-order valence-corrected chi connectivity index (χ1v) is 7.58. The van der Waals surface area contributed by atoms with E-state index in [0.29, 0.717) is 4.90 Å². The first kappa shape index (κ1) is 19.2. The molecule has 3 aromatic rings. The van der Waals surface area contributed by atoms with Gasteiger partial charge in [-0.2, -0.15) is 0 Å². The molecule has 0 atom stereocenters. The Labute approximate surface area is 152 Å². The molecule has 0 aliphatic carbocycles. The van der Waals surface area contributed by atoms with Crippen LogP contribution >= 0.6 is 12.6 Å². The lowest BCUT2D eigenvalue weighted by molar-refractivity contribution is 0.443. The molecular formula is C18H6F8S. The zero-order valence-electron chi connectivity index (χ0n) is 12.9. The smallest absolute Gasteiger partial charge is 0.170 e. The van der Waals surface area contributed by atoms with E-state index >= 15 is 0 Å². The first-order chi connectivity index (χ1) is 12.6. The summed E-state index contributed by atoms with van der Waals surface area (Å²) in [5, 5.41) is 0. The molecule has 0 nitrogen and oxygen atoms in total. The van der Waals surface area contributed by atoms with E-state index in [2.05, 4.69) is 12.6 Å². The summed E-state index contributed by atoms with van der Waals surface area (Å²) < 4.78 is 112. The summed E-state index contributed by atoms with van der Waals surface area (Å²) in [6.45, 7) is 0. The van der Waals surface area contributed by atoms with Crippen LogP contribution in [0.5, 0.6) is 0 Å². The van der Waals surface area contributed by atoms with E-state index in [1.54, 1.807) is 0 Å². The lowest BCUT2D eigenvalue weighted by Gasteiger charge is -2.14. The van der Waals surface area contributed by atoms with Crippen LogP contribution in [0.25, 0.3) is 22.3 Å². The highest BCUT2D eigenvalue weighted by atomic mass is 32.1. The monoisotopic (exact) mass is 406 g/mol. The Hall–Kier alpha value is -2.55. The lowest BCUT2D eigenvalue weighted by Crippen LogP contribution is -2.07. The van der Waals surface area contributed by atoms with Gasteiger partial charge in [0, 0.05) is 11.0 Å². The molecule has 27 heavy (non-hydrogen) atoms. The molecule has 140 valence electrons. The van der Waals surface area contributed by atoms with Gasteiger partial charge in [-0.05, 0) is 17.7 Å². The van der Waals surface area contributed by atoms with Crippen LogP contribution in [0.1, 0.15) is 0 Å². The summed E-state index contributed by atoms with van der Waals surface area (Å²) in [7, 11) is 0. The Morgan fingerprint density at radius 2 is 0.852 bits per heavy atom. The number of rotatable bonds is 2. The molecule has 0 aliphatic rings. The minimum absolute atomic E-state index is 0.204.